The van der Waals surface area contributed by atoms with Gasteiger partial charge in [0.1, 0.15) is 0 Å². The van der Waals surface area contributed by atoms with E-state index in [0.717, 1.165) is 26.3 Å². The molecule has 3 rings (SSSR count). The lowest BCUT2D eigenvalue weighted by Crippen LogP contribution is -2.48. The zero-order chi connectivity index (χ0) is 17.8. The van der Waals surface area contributed by atoms with E-state index in [-0.39, 0.29) is 30.2 Å². The predicted molar refractivity (Wildman–Crippen MR) is 96.8 cm³/mol. The maximum atomic E-state index is 12.5. The molecular formula is C18H24ClN3O3. The summed E-state index contributed by atoms with van der Waals surface area (Å²) in [6.07, 6.45) is 0.225. The molecule has 0 aliphatic carbocycles. The van der Waals surface area contributed by atoms with Gasteiger partial charge in [0.2, 0.25) is 11.8 Å². The van der Waals surface area contributed by atoms with Gasteiger partial charge in [0.15, 0.2) is 0 Å². The van der Waals surface area contributed by atoms with Crippen molar-refractivity contribution in [2.24, 2.45) is 5.92 Å². The minimum Gasteiger partial charge on any atom is -0.379 e. The van der Waals surface area contributed by atoms with Crippen molar-refractivity contribution < 1.29 is 14.3 Å². The van der Waals surface area contributed by atoms with Gasteiger partial charge in [0.05, 0.1) is 29.8 Å². The quantitative estimate of drug-likeness (QED) is 0.859. The fourth-order valence-electron chi connectivity index (χ4n) is 3.33. The number of amides is 2. The Morgan fingerprint density at radius 3 is 2.80 bits per heavy atom. The molecule has 1 aromatic carbocycles. The zero-order valence-corrected chi connectivity index (χ0v) is 15.2. The number of para-hydroxylation sites is 1. The predicted octanol–water partition coefficient (Wildman–Crippen LogP) is 1.53. The van der Waals surface area contributed by atoms with Gasteiger partial charge in [-0.05, 0) is 19.1 Å². The Hall–Kier alpha value is -1.63. The number of benzene rings is 1. The first-order chi connectivity index (χ1) is 12.1. The summed E-state index contributed by atoms with van der Waals surface area (Å²) < 4.78 is 5.35. The lowest BCUT2D eigenvalue weighted by Gasteiger charge is -2.32. The fraction of sp³-hybridized carbons (Fsp3) is 0.556. The lowest BCUT2D eigenvalue weighted by molar-refractivity contribution is -0.126. The van der Waals surface area contributed by atoms with E-state index in [1.165, 1.54) is 0 Å². The van der Waals surface area contributed by atoms with Crippen molar-refractivity contribution in [3.8, 4) is 0 Å². The van der Waals surface area contributed by atoms with Crippen LogP contribution in [0.5, 0.6) is 0 Å². The van der Waals surface area contributed by atoms with Gasteiger partial charge in [0.25, 0.3) is 0 Å². The highest BCUT2D eigenvalue weighted by Gasteiger charge is 2.36. The van der Waals surface area contributed by atoms with Crippen LogP contribution in [0.2, 0.25) is 5.02 Å². The minimum atomic E-state index is -0.333. The molecule has 7 heteroatoms. The van der Waals surface area contributed by atoms with Crippen LogP contribution >= 0.6 is 11.6 Å². The summed E-state index contributed by atoms with van der Waals surface area (Å²) in [4.78, 5) is 28.7. The molecule has 6 nitrogen and oxygen atoms in total. The number of ether oxygens (including phenoxy) is 1. The monoisotopic (exact) mass is 365 g/mol. The molecule has 25 heavy (non-hydrogen) atoms. The summed E-state index contributed by atoms with van der Waals surface area (Å²) in [5.74, 6) is -0.460. The molecule has 2 atom stereocenters. The topological polar surface area (TPSA) is 61.9 Å². The number of morpholine rings is 1. The number of halogens is 1. The van der Waals surface area contributed by atoms with Gasteiger partial charge in [-0.15, -0.1) is 0 Å². The van der Waals surface area contributed by atoms with Crippen LogP contribution in [0, 0.1) is 5.92 Å². The highest BCUT2D eigenvalue weighted by atomic mass is 35.5. The van der Waals surface area contributed by atoms with Gasteiger partial charge in [-0.1, -0.05) is 23.7 Å². The van der Waals surface area contributed by atoms with Crippen molar-refractivity contribution >= 4 is 29.1 Å². The fourth-order valence-corrected chi connectivity index (χ4v) is 3.56. The summed E-state index contributed by atoms with van der Waals surface area (Å²) >= 11 is 6.18. The van der Waals surface area contributed by atoms with Crippen LogP contribution in [0.4, 0.5) is 5.69 Å². The number of hydrogen-bond donors (Lipinski definition) is 1. The Bertz CT molecular complexity index is 634. The molecule has 0 radical (unpaired) electrons. The molecule has 2 aliphatic heterocycles. The van der Waals surface area contributed by atoms with Gasteiger partial charge < -0.3 is 15.0 Å². The number of rotatable bonds is 5. The van der Waals surface area contributed by atoms with E-state index in [4.69, 9.17) is 16.3 Å². The molecule has 2 unspecified atom stereocenters. The van der Waals surface area contributed by atoms with Gasteiger partial charge in [0, 0.05) is 38.6 Å². The molecule has 0 saturated carbocycles. The van der Waals surface area contributed by atoms with E-state index in [1.54, 1.807) is 17.0 Å². The molecule has 136 valence electrons. The summed E-state index contributed by atoms with van der Waals surface area (Å²) in [7, 11) is 0. The van der Waals surface area contributed by atoms with E-state index >= 15 is 0 Å². The Balaban J connectivity index is 1.53. The smallest absolute Gasteiger partial charge is 0.227 e. The van der Waals surface area contributed by atoms with Crippen LogP contribution < -0.4 is 10.2 Å². The maximum absolute atomic E-state index is 12.5. The Morgan fingerprint density at radius 2 is 2.08 bits per heavy atom. The molecule has 2 heterocycles. The van der Waals surface area contributed by atoms with Crippen LogP contribution in [0.1, 0.15) is 13.3 Å². The second kappa shape index (κ2) is 8.17. The highest BCUT2D eigenvalue weighted by Crippen LogP contribution is 2.30. The van der Waals surface area contributed by atoms with Crippen molar-refractivity contribution in [2.75, 3.05) is 44.3 Å². The molecule has 2 fully saturated rings. The van der Waals surface area contributed by atoms with Crippen molar-refractivity contribution in [1.82, 2.24) is 10.2 Å². The van der Waals surface area contributed by atoms with Crippen LogP contribution in [-0.2, 0) is 14.3 Å². The first-order valence-electron chi connectivity index (χ1n) is 8.70. The van der Waals surface area contributed by atoms with Crippen LogP contribution in [0.25, 0.3) is 0 Å². The van der Waals surface area contributed by atoms with E-state index in [2.05, 4.69) is 17.1 Å². The summed E-state index contributed by atoms with van der Waals surface area (Å²) in [5, 5.41) is 3.52. The molecule has 2 saturated heterocycles. The largest absolute Gasteiger partial charge is 0.379 e. The van der Waals surface area contributed by atoms with Crippen molar-refractivity contribution in [3.05, 3.63) is 29.3 Å². The Morgan fingerprint density at radius 1 is 1.36 bits per heavy atom. The Kier molecular flexibility index (Phi) is 5.93. The standard InChI is InChI=1S/C18H24ClN3O3/c1-13(21-6-8-25-9-7-21)11-20-18(24)14-10-17(23)22(12-14)16-5-3-2-4-15(16)19/h2-5,13-14H,6-12H2,1H3,(H,20,24). The highest BCUT2D eigenvalue weighted by molar-refractivity contribution is 6.33. The molecule has 2 amide bonds. The Labute approximate surface area is 153 Å². The second-order valence-corrected chi connectivity index (χ2v) is 7.01. The molecule has 2 aliphatic rings. The molecule has 1 aromatic rings. The van der Waals surface area contributed by atoms with E-state index < -0.39 is 0 Å². The summed E-state index contributed by atoms with van der Waals surface area (Å²) in [5.41, 5.74) is 0.672. The first-order valence-corrected chi connectivity index (χ1v) is 9.08. The van der Waals surface area contributed by atoms with Crippen LogP contribution in [0.15, 0.2) is 24.3 Å². The summed E-state index contributed by atoms with van der Waals surface area (Å²) in [6, 6.07) is 7.47. The molecule has 0 bridgehead atoms. The van der Waals surface area contributed by atoms with Crippen molar-refractivity contribution in [2.45, 2.75) is 19.4 Å². The van der Waals surface area contributed by atoms with Gasteiger partial charge in [-0.2, -0.15) is 0 Å². The van der Waals surface area contributed by atoms with Crippen molar-refractivity contribution in [1.29, 1.82) is 0 Å². The molecule has 1 N–H and O–H groups in total. The SMILES string of the molecule is CC(CNC(=O)C1CC(=O)N(c2ccccc2Cl)C1)N1CCOCC1. The number of nitrogens with one attached hydrogen (secondary N) is 1. The zero-order valence-electron chi connectivity index (χ0n) is 14.4. The number of hydrogen-bond acceptors (Lipinski definition) is 4. The third kappa shape index (κ3) is 4.32. The van der Waals surface area contributed by atoms with Gasteiger partial charge in [-0.25, -0.2) is 0 Å². The third-order valence-electron chi connectivity index (χ3n) is 4.88. The average Bonchev–Trinajstić information content (AvgIpc) is 3.02. The second-order valence-electron chi connectivity index (χ2n) is 6.60. The molecule has 0 spiro atoms. The maximum Gasteiger partial charge on any atom is 0.227 e. The third-order valence-corrected chi connectivity index (χ3v) is 5.20. The van der Waals surface area contributed by atoms with E-state index in [1.807, 2.05) is 12.1 Å². The number of carbonyl (C=O) groups is 2. The van der Waals surface area contributed by atoms with Crippen LogP contribution in [0.3, 0.4) is 0 Å². The number of carbonyl (C=O) groups excluding carboxylic acids is 2. The lowest BCUT2D eigenvalue weighted by atomic mass is 10.1. The number of nitrogens with zero attached hydrogens (tertiary/aromatic N) is 2. The molecule has 0 aromatic heterocycles. The van der Waals surface area contributed by atoms with Gasteiger partial charge in [-0.3, -0.25) is 14.5 Å². The normalized spacial score (nSPS) is 22.9. The van der Waals surface area contributed by atoms with E-state index in [0.29, 0.717) is 23.8 Å². The first kappa shape index (κ1) is 18.2. The van der Waals surface area contributed by atoms with Crippen LogP contribution in [-0.4, -0.2) is 62.1 Å². The minimum absolute atomic E-state index is 0.0607. The number of anilines is 1. The molecular weight excluding hydrogens is 342 g/mol. The van der Waals surface area contributed by atoms with Gasteiger partial charge >= 0.3 is 0 Å². The van der Waals surface area contributed by atoms with Crippen molar-refractivity contribution in [3.63, 3.8) is 0 Å². The summed E-state index contributed by atoms with van der Waals surface area (Å²) in [6.45, 7) is 6.31. The average molecular weight is 366 g/mol. The van der Waals surface area contributed by atoms with E-state index in [9.17, 15) is 9.59 Å².